The number of carbonyl (C=O) groups is 1. The van der Waals surface area contributed by atoms with E-state index in [1.54, 1.807) is 35.6 Å². The lowest BCUT2D eigenvalue weighted by Gasteiger charge is -2.07. The van der Waals surface area contributed by atoms with E-state index < -0.39 is 0 Å². The number of aliphatic hydroxyl groups is 1. The summed E-state index contributed by atoms with van der Waals surface area (Å²) in [5.41, 5.74) is 0.816. The van der Waals surface area contributed by atoms with Crippen molar-refractivity contribution >= 4 is 17.2 Å². The largest absolute Gasteiger partial charge is 0.484 e. The van der Waals surface area contributed by atoms with E-state index in [9.17, 15) is 4.79 Å². The fourth-order valence-corrected chi connectivity index (χ4v) is 2.68. The van der Waals surface area contributed by atoms with Gasteiger partial charge in [-0.3, -0.25) is 4.79 Å². The van der Waals surface area contributed by atoms with Crippen molar-refractivity contribution in [2.24, 2.45) is 0 Å². The molecule has 0 radical (unpaired) electrons. The zero-order valence-corrected chi connectivity index (χ0v) is 12.8. The van der Waals surface area contributed by atoms with Crippen LogP contribution in [0.5, 0.6) is 5.75 Å². The molecular formula is C16H19NO3S. The Balaban J connectivity index is 1.73. The zero-order chi connectivity index (χ0) is 15.1. The van der Waals surface area contributed by atoms with Crippen LogP contribution < -0.4 is 10.1 Å². The van der Waals surface area contributed by atoms with Gasteiger partial charge in [-0.2, -0.15) is 0 Å². The molecule has 0 spiro atoms. The van der Waals surface area contributed by atoms with Gasteiger partial charge >= 0.3 is 0 Å². The number of ether oxygens (including phenoxy) is 1. The van der Waals surface area contributed by atoms with Crippen LogP contribution in [0.15, 0.2) is 36.4 Å². The van der Waals surface area contributed by atoms with Crippen molar-refractivity contribution in [2.45, 2.75) is 26.5 Å². The maximum Gasteiger partial charge on any atom is 0.258 e. The molecule has 2 rings (SSSR count). The van der Waals surface area contributed by atoms with Crippen LogP contribution in [0.25, 0.3) is 0 Å². The summed E-state index contributed by atoms with van der Waals surface area (Å²) < 4.78 is 5.39. The normalized spacial score (nSPS) is 10.4. The van der Waals surface area contributed by atoms with Gasteiger partial charge in [-0.1, -0.05) is 19.1 Å². The van der Waals surface area contributed by atoms with Crippen molar-refractivity contribution in [1.29, 1.82) is 0 Å². The highest BCUT2D eigenvalue weighted by atomic mass is 32.1. The summed E-state index contributed by atoms with van der Waals surface area (Å²) in [6, 6.07) is 11.2. The summed E-state index contributed by atoms with van der Waals surface area (Å²) in [6.45, 7) is 2.65. The van der Waals surface area contributed by atoms with E-state index in [0.29, 0.717) is 12.3 Å². The molecule has 21 heavy (non-hydrogen) atoms. The highest BCUT2D eigenvalue weighted by molar-refractivity contribution is 7.11. The fraction of sp³-hybridized carbons (Fsp3) is 0.312. The molecule has 1 aromatic carbocycles. The summed E-state index contributed by atoms with van der Waals surface area (Å²) in [4.78, 5) is 14.2. The van der Waals surface area contributed by atoms with Gasteiger partial charge in [0, 0.05) is 9.75 Å². The van der Waals surface area contributed by atoms with Crippen LogP contribution in [0, 0.1) is 0 Å². The quantitative estimate of drug-likeness (QED) is 0.826. The third-order valence-corrected chi connectivity index (χ3v) is 4.23. The first-order valence-electron chi connectivity index (χ1n) is 6.88. The number of rotatable bonds is 7. The minimum absolute atomic E-state index is 0.00132. The number of hydrogen-bond acceptors (Lipinski definition) is 4. The molecule has 0 bridgehead atoms. The maximum atomic E-state index is 11.7. The minimum atomic E-state index is -0.146. The van der Waals surface area contributed by atoms with Gasteiger partial charge in [-0.15, -0.1) is 11.3 Å². The van der Waals surface area contributed by atoms with Crippen molar-refractivity contribution in [3.8, 4) is 5.75 Å². The van der Waals surface area contributed by atoms with E-state index in [1.165, 1.54) is 4.88 Å². The molecule has 2 N–H and O–H groups in total. The van der Waals surface area contributed by atoms with Crippen LogP contribution in [0.4, 0.5) is 0 Å². The number of thiophene rings is 1. The number of benzene rings is 1. The second kappa shape index (κ2) is 7.81. The van der Waals surface area contributed by atoms with Gasteiger partial charge in [0.15, 0.2) is 6.61 Å². The third kappa shape index (κ3) is 4.88. The van der Waals surface area contributed by atoms with Gasteiger partial charge in [-0.05, 0) is 36.2 Å². The predicted octanol–water partition coefficient (Wildman–Crippen LogP) is 2.50. The number of carbonyl (C=O) groups excluding carboxylic acids is 1. The first kappa shape index (κ1) is 15.5. The second-order valence-corrected chi connectivity index (χ2v) is 5.84. The number of aliphatic hydroxyl groups excluding tert-OH is 1. The molecular weight excluding hydrogens is 286 g/mol. The van der Waals surface area contributed by atoms with Crippen LogP contribution in [0.1, 0.15) is 22.2 Å². The summed E-state index contributed by atoms with van der Waals surface area (Å²) in [7, 11) is 0. The third-order valence-electron chi connectivity index (χ3n) is 3.00. The molecule has 0 aliphatic rings. The smallest absolute Gasteiger partial charge is 0.258 e. The van der Waals surface area contributed by atoms with E-state index in [4.69, 9.17) is 9.84 Å². The van der Waals surface area contributed by atoms with Gasteiger partial charge in [0.25, 0.3) is 5.91 Å². The molecule has 0 unspecified atom stereocenters. The van der Waals surface area contributed by atoms with E-state index in [1.807, 2.05) is 6.07 Å². The highest BCUT2D eigenvalue weighted by Gasteiger charge is 2.04. The molecule has 1 amide bonds. The van der Waals surface area contributed by atoms with E-state index >= 15 is 0 Å². The average molecular weight is 305 g/mol. The molecule has 0 atom stereocenters. The van der Waals surface area contributed by atoms with Crippen molar-refractivity contribution in [2.75, 3.05) is 6.61 Å². The van der Waals surface area contributed by atoms with Crippen LogP contribution in [0.2, 0.25) is 0 Å². The molecule has 0 aliphatic heterocycles. The Morgan fingerprint density at radius 3 is 2.52 bits per heavy atom. The van der Waals surface area contributed by atoms with Gasteiger partial charge in [0.1, 0.15) is 5.75 Å². The molecule has 2 aromatic rings. The maximum absolute atomic E-state index is 11.7. The van der Waals surface area contributed by atoms with Crippen LogP contribution >= 0.6 is 11.3 Å². The lowest BCUT2D eigenvalue weighted by molar-refractivity contribution is -0.123. The standard InChI is InChI=1S/C16H19NO3S/c1-2-14-7-8-15(21-14)9-17-16(19)11-20-13-5-3-12(10-18)4-6-13/h3-8,18H,2,9-11H2,1H3,(H,17,19). The van der Waals surface area contributed by atoms with Crippen LogP contribution in [-0.4, -0.2) is 17.6 Å². The Hall–Kier alpha value is -1.85. The molecule has 112 valence electrons. The van der Waals surface area contributed by atoms with E-state index in [-0.39, 0.29) is 19.1 Å². The molecule has 0 saturated carbocycles. The monoisotopic (exact) mass is 305 g/mol. The topological polar surface area (TPSA) is 58.6 Å². The Morgan fingerprint density at radius 1 is 1.19 bits per heavy atom. The number of amides is 1. The highest BCUT2D eigenvalue weighted by Crippen LogP contribution is 2.16. The SMILES string of the molecule is CCc1ccc(CNC(=O)COc2ccc(CO)cc2)s1. The lowest BCUT2D eigenvalue weighted by Crippen LogP contribution is -2.28. The molecule has 1 aromatic heterocycles. The Bertz CT molecular complexity index is 577. The number of aryl methyl sites for hydroxylation is 1. The summed E-state index contributed by atoms with van der Waals surface area (Å²) >= 11 is 1.71. The van der Waals surface area contributed by atoms with Crippen molar-refractivity contribution in [3.63, 3.8) is 0 Å². The lowest BCUT2D eigenvalue weighted by atomic mass is 10.2. The average Bonchev–Trinajstić information content (AvgIpc) is 2.99. The number of hydrogen-bond donors (Lipinski definition) is 2. The van der Waals surface area contributed by atoms with Crippen molar-refractivity contribution < 1.29 is 14.6 Å². The van der Waals surface area contributed by atoms with Gasteiger partial charge < -0.3 is 15.2 Å². The Morgan fingerprint density at radius 2 is 1.90 bits per heavy atom. The zero-order valence-electron chi connectivity index (χ0n) is 12.0. The van der Waals surface area contributed by atoms with Crippen molar-refractivity contribution in [1.82, 2.24) is 5.32 Å². The van der Waals surface area contributed by atoms with E-state index in [2.05, 4.69) is 18.3 Å². The predicted molar refractivity (Wildman–Crippen MR) is 83.4 cm³/mol. The minimum Gasteiger partial charge on any atom is -0.484 e. The summed E-state index contributed by atoms with van der Waals surface area (Å²) in [6.07, 6.45) is 1.02. The van der Waals surface area contributed by atoms with Crippen LogP contribution in [-0.2, 0) is 24.4 Å². The van der Waals surface area contributed by atoms with Gasteiger partial charge in [0.05, 0.1) is 13.2 Å². The molecule has 1 heterocycles. The molecule has 0 saturated heterocycles. The Kier molecular flexibility index (Phi) is 5.78. The molecule has 4 nitrogen and oxygen atoms in total. The molecule has 0 fully saturated rings. The summed E-state index contributed by atoms with van der Waals surface area (Å²) in [5, 5.41) is 11.8. The second-order valence-electron chi connectivity index (χ2n) is 4.59. The summed E-state index contributed by atoms with van der Waals surface area (Å²) in [5.74, 6) is 0.472. The van der Waals surface area contributed by atoms with E-state index in [0.717, 1.165) is 16.9 Å². The van der Waals surface area contributed by atoms with Gasteiger partial charge in [0.2, 0.25) is 0 Å². The van der Waals surface area contributed by atoms with Crippen LogP contribution in [0.3, 0.4) is 0 Å². The Labute approximate surface area is 128 Å². The molecule has 0 aliphatic carbocycles. The first-order chi connectivity index (χ1) is 10.2. The van der Waals surface area contributed by atoms with Crippen molar-refractivity contribution in [3.05, 3.63) is 51.7 Å². The number of nitrogens with one attached hydrogen (secondary N) is 1. The molecule has 5 heteroatoms. The van der Waals surface area contributed by atoms with Gasteiger partial charge in [-0.25, -0.2) is 0 Å². The fourth-order valence-electron chi connectivity index (χ4n) is 1.78. The first-order valence-corrected chi connectivity index (χ1v) is 7.69.